The first-order valence-corrected chi connectivity index (χ1v) is 9.92. The van der Waals surface area contributed by atoms with Gasteiger partial charge in [-0.1, -0.05) is 30.2 Å². The minimum atomic E-state index is -0.826. The minimum Gasteiger partial charge on any atom is -0.477 e. The molecule has 5 heteroatoms. The van der Waals surface area contributed by atoms with E-state index in [1.807, 2.05) is 18.3 Å². The summed E-state index contributed by atoms with van der Waals surface area (Å²) in [7, 11) is 0. The first-order valence-electron chi connectivity index (χ1n) is 8.72. The lowest BCUT2D eigenvalue weighted by atomic mass is 9.90. The Balaban J connectivity index is 1.50. The zero-order chi connectivity index (χ0) is 17.6. The lowest BCUT2D eigenvalue weighted by Crippen LogP contribution is -2.05. The zero-order valence-corrected chi connectivity index (χ0v) is 15.6. The molecule has 3 nitrogen and oxygen atoms in total. The van der Waals surface area contributed by atoms with Crippen LogP contribution < -0.4 is 0 Å². The van der Waals surface area contributed by atoms with Gasteiger partial charge in [-0.05, 0) is 67.7 Å². The molecule has 0 aliphatic heterocycles. The molecule has 0 bridgehead atoms. The van der Waals surface area contributed by atoms with Crippen molar-refractivity contribution in [2.75, 3.05) is 0 Å². The van der Waals surface area contributed by atoms with Gasteiger partial charge >= 0.3 is 5.97 Å². The van der Waals surface area contributed by atoms with Crippen LogP contribution in [0.15, 0.2) is 36.7 Å². The molecule has 3 rings (SSSR count). The van der Waals surface area contributed by atoms with E-state index < -0.39 is 5.97 Å². The summed E-state index contributed by atoms with van der Waals surface area (Å²) >= 11 is 7.38. The molecule has 0 radical (unpaired) electrons. The van der Waals surface area contributed by atoms with Gasteiger partial charge in [0.05, 0.1) is 5.02 Å². The largest absolute Gasteiger partial charge is 0.477 e. The van der Waals surface area contributed by atoms with Gasteiger partial charge in [0.25, 0.3) is 0 Å². The van der Waals surface area contributed by atoms with Crippen LogP contribution in [0, 0.1) is 11.8 Å². The van der Waals surface area contributed by atoms with Crippen molar-refractivity contribution in [2.24, 2.45) is 11.8 Å². The monoisotopic (exact) mass is 375 g/mol. The molecule has 132 valence electrons. The molecular formula is C20H22ClNO2S. The maximum Gasteiger partial charge on any atom is 0.345 e. The van der Waals surface area contributed by atoms with Crippen LogP contribution in [0.5, 0.6) is 0 Å². The van der Waals surface area contributed by atoms with Gasteiger partial charge in [-0.3, -0.25) is 4.98 Å². The average Bonchev–Trinajstić information content (AvgIpc) is 3.22. The molecule has 0 unspecified atom stereocenters. The number of carboxylic acid groups (broad SMARTS) is 1. The SMILES string of the molecule is O=C(O)c1ccc(CCC[C@H]2CCC[C@@H]2C=Cc2cncc(Cl)c2)s1. The molecule has 2 aromatic heterocycles. The quantitative estimate of drug-likeness (QED) is 0.650. The van der Waals surface area contributed by atoms with Gasteiger partial charge in [0.1, 0.15) is 4.88 Å². The molecule has 2 heterocycles. The number of hydrogen-bond acceptors (Lipinski definition) is 3. The summed E-state index contributed by atoms with van der Waals surface area (Å²) in [6.07, 6.45) is 15.1. The Bertz CT molecular complexity index is 756. The Labute approximate surface area is 157 Å². The summed E-state index contributed by atoms with van der Waals surface area (Å²) in [5, 5.41) is 9.66. The van der Waals surface area contributed by atoms with Gasteiger partial charge < -0.3 is 5.11 Å². The molecule has 25 heavy (non-hydrogen) atoms. The number of pyridine rings is 1. The molecule has 1 saturated carbocycles. The highest BCUT2D eigenvalue weighted by atomic mass is 35.5. The number of aromatic nitrogens is 1. The number of allylic oxidation sites excluding steroid dienone is 1. The summed E-state index contributed by atoms with van der Waals surface area (Å²) < 4.78 is 0. The number of nitrogens with zero attached hydrogens (tertiary/aromatic N) is 1. The van der Waals surface area contributed by atoms with Crippen molar-refractivity contribution in [3.63, 3.8) is 0 Å². The molecule has 1 aliphatic rings. The second-order valence-corrected chi connectivity index (χ2v) is 8.22. The highest BCUT2D eigenvalue weighted by Gasteiger charge is 2.24. The molecule has 0 saturated heterocycles. The lowest BCUT2D eigenvalue weighted by Gasteiger charge is -2.16. The standard InChI is InChI=1S/C20H22ClNO2S/c21-17-11-14(12-22-13-17)7-8-16-4-1-3-15(16)5-2-6-18-9-10-19(25-18)20(23)24/h7-13,15-16H,1-6H2,(H,23,24)/t15-,16-/m1/s1. The van der Waals surface area contributed by atoms with E-state index in [-0.39, 0.29) is 0 Å². The molecule has 1 fully saturated rings. The number of halogens is 1. The van der Waals surface area contributed by atoms with Crippen molar-refractivity contribution in [2.45, 2.75) is 38.5 Å². The number of thiophene rings is 1. The first-order chi connectivity index (χ1) is 12.1. The van der Waals surface area contributed by atoms with Gasteiger partial charge in [-0.15, -0.1) is 11.3 Å². The van der Waals surface area contributed by atoms with Crippen LogP contribution in [0.4, 0.5) is 0 Å². The second kappa shape index (κ2) is 8.63. The van der Waals surface area contributed by atoms with E-state index in [4.69, 9.17) is 16.7 Å². The Hall–Kier alpha value is -1.65. The molecule has 2 aromatic rings. The topological polar surface area (TPSA) is 50.2 Å². The van der Waals surface area contributed by atoms with Gasteiger partial charge in [0.15, 0.2) is 0 Å². The molecule has 0 spiro atoms. The van der Waals surface area contributed by atoms with Crippen LogP contribution in [0.2, 0.25) is 5.02 Å². The maximum absolute atomic E-state index is 10.9. The molecule has 0 aromatic carbocycles. The number of hydrogen-bond donors (Lipinski definition) is 1. The van der Waals surface area contributed by atoms with Crippen molar-refractivity contribution >= 4 is 35.0 Å². The maximum atomic E-state index is 10.9. The van der Waals surface area contributed by atoms with Crippen molar-refractivity contribution in [1.29, 1.82) is 0 Å². The normalized spacial score (nSPS) is 20.4. The highest BCUT2D eigenvalue weighted by molar-refractivity contribution is 7.13. The smallest absolute Gasteiger partial charge is 0.345 e. The average molecular weight is 376 g/mol. The first kappa shape index (κ1) is 18.2. The third-order valence-electron chi connectivity index (χ3n) is 4.85. The van der Waals surface area contributed by atoms with Crippen molar-refractivity contribution in [1.82, 2.24) is 4.98 Å². The van der Waals surface area contributed by atoms with Crippen LogP contribution >= 0.6 is 22.9 Å². The fourth-order valence-corrected chi connectivity index (χ4v) is 4.67. The summed E-state index contributed by atoms with van der Waals surface area (Å²) in [5.74, 6) is 0.520. The Morgan fingerprint density at radius 1 is 1.36 bits per heavy atom. The van der Waals surface area contributed by atoms with Crippen LogP contribution in [0.25, 0.3) is 6.08 Å². The van der Waals surface area contributed by atoms with Gasteiger partial charge in [-0.2, -0.15) is 0 Å². The van der Waals surface area contributed by atoms with Crippen LogP contribution in [-0.2, 0) is 6.42 Å². The van der Waals surface area contributed by atoms with Crippen molar-refractivity contribution < 1.29 is 9.90 Å². The van der Waals surface area contributed by atoms with E-state index in [0.29, 0.717) is 15.8 Å². The summed E-state index contributed by atoms with van der Waals surface area (Å²) in [5.41, 5.74) is 1.05. The van der Waals surface area contributed by atoms with Crippen molar-refractivity contribution in [3.05, 3.63) is 57.0 Å². The molecule has 2 atom stereocenters. The number of aryl methyl sites for hydroxylation is 1. The molecular weight excluding hydrogens is 354 g/mol. The van der Waals surface area contributed by atoms with E-state index in [0.717, 1.165) is 24.3 Å². The molecule has 1 N–H and O–H groups in total. The zero-order valence-electron chi connectivity index (χ0n) is 14.0. The third-order valence-corrected chi connectivity index (χ3v) is 6.19. The van der Waals surface area contributed by atoms with Crippen molar-refractivity contribution in [3.8, 4) is 0 Å². The van der Waals surface area contributed by atoms with E-state index in [1.165, 1.54) is 41.9 Å². The Kier molecular flexibility index (Phi) is 6.27. The second-order valence-electron chi connectivity index (χ2n) is 6.61. The fourth-order valence-electron chi connectivity index (χ4n) is 3.60. The molecule has 0 amide bonds. The van der Waals surface area contributed by atoms with E-state index in [2.05, 4.69) is 17.1 Å². The van der Waals surface area contributed by atoms with E-state index in [1.54, 1.807) is 12.3 Å². The number of rotatable bonds is 7. The number of carboxylic acids is 1. The van der Waals surface area contributed by atoms with Crippen LogP contribution in [0.1, 0.15) is 52.2 Å². The van der Waals surface area contributed by atoms with Gasteiger partial charge in [0.2, 0.25) is 0 Å². The van der Waals surface area contributed by atoms with E-state index in [9.17, 15) is 4.79 Å². The van der Waals surface area contributed by atoms with Crippen LogP contribution in [-0.4, -0.2) is 16.1 Å². The van der Waals surface area contributed by atoms with Crippen LogP contribution in [0.3, 0.4) is 0 Å². The predicted molar refractivity (Wildman–Crippen MR) is 103 cm³/mol. The fraction of sp³-hybridized carbons (Fsp3) is 0.400. The summed E-state index contributed by atoms with van der Waals surface area (Å²) in [4.78, 5) is 16.7. The predicted octanol–water partition coefficient (Wildman–Crippen LogP) is 5.95. The van der Waals surface area contributed by atoms with Gasteiger partial charge in [0, 0.05) is 17.3 Å². The Morgan fingerprint density at radius 2 is 2.24 bits per heavy atom. The van der Waals surface area contributed by atoms with E-state index >= 15 is 0 Å². The lowest BCUT2D eigenvalue weighted by molar-refractivity contribution is 0.0702. The summed E-state index contributed by atoms with van der Waals surface area (Å²) in [6, 6.07) is 5.60. The molecule has 1 aliphatic carbocycles. The van der Waals surface area contributed by atoms with Gasteiger partial charge in [-0.25, -0.2) is 4.79 Å². The Morgan fingerprint density at radius 3 is 3.00 bits per heavy atom. The minimum absolute atomic E-state index is 0.437. The highest BCUT2D eigenvalue weighted by Crippen LogP contribution is 2.36. The number of aromatic carboxylic acids is 1. The third kappa shape index (κ3) is 5.16. The number of carbonyl (C=O) groups is 1. The summed E-state index contributed by atoms with van der Waals surface area (Å²) in [6.45, 7) is 0.